The number of hydrogen-bond donors (Lipinski definition) is 0. The molecule has 124 valence electrons. The van der Waals surface area contributed by atoms with Crippen molar-refractivity contribution < 1.29 is 22.8 Å². The van der Waals surface area contributed by atoms with Gasteiger partial charge >= 0.3 is 12.1 Å². The van der Waals surface area contributed by atoms with Crippen LogP contribution in [0.25, 0.3) is 0 Å². The van der Waals surface area contributed by atoms with Crippen LogP contribution in [0.2, 0.25) is 0 Å². The molecule has 7 heteroatoms. The summed E-state index contributed by atoms with van der Waals surface area (Å²) in [5.74, 6) is -1.56. The second-order valence-corrected chi connectivity index (χ2v) is 5.87. The summed E-state index contributed by atoms with van der Waals surface area (Å²) in [5, 5.41) is 0. The molecular formula is C15H21F3N2O2. The van der Waals surface area contributed by atoms with Gasteiger partial charge in [0.25, 0.3) is 0 Å². The third kappa shape index (κ3) is 4.48. The normalized spacial score (nSPS) is 21.4. The molecule has 0 spiro atoms. The van der Waals surface area contributed by atoms with E-state index in [2.05, 4.69) is 0 Å². The number of allylic oxidation sites excluding steroid dienone is 1. The number of amides is 2. The maximum atomic E-state index is 12.3. The van der Waals surface area contributed by atoms with Crippen LogP contribution in [0.4, 0.5) is 13.2 Å². The zero-order valence-electron chi connectivity index (χ0n) is 12.4. The minimum Gasteiger partial charge on any atom is -0.336 e. The van der Waals surface area contributed by atoms with Crippen LogP contribution in [0.5, 0.6) is 0 Å². The van der Waals surface area contributed by atoms with Crippen LogP contribution >= 0.6 is 0 Å². The highest BCUT2D eigenvalue weighted by atomic mass is 19.4. The molecule has 0 N–H and O–H groups in total. The van der Waals surface area contributed by atoms with Crippen molar-refractivity contribution in [2.24, 2.45) is 5.92 Å². The molecule has 4 nitrogen and oxygen atoms in total. The van der Waals surface area contributed by atoms with Gasteiger partial charge in [0, 0.05) is 26.2 Å². The SMILES string of the molecule is O=C(/C=C/C1CCCCC1)N1CCN(C(=O)C(F)(F)F)CC1. The Morgan fingerprint density at radius 2 is 1.45 bits per heavy atom. The summed E-state index contributed by atoms with van der Waals surface area (Å²) in [7, 11) is 0. The van der Waals surface area contributed by atoms with Gasteiger partial charge in [0.2, 0.25) is 5.91 Å². The smallest absolute Gasteiger partial charge is 0.336 e. The molecular weight excluding hydrogens is 297 g/mol. The second-order valence-electron chi connectivity index (χ2n) is 5.87. The van der Waals surface area contributed by atoms with Crippen molar-refractivity contribution in [2.75, 3.05) is 26.2 Å². The monoisotopic (exact) mass is 318 g/mol. The number of hydrogen-bond acceptors (Lipinski definition) is 2. The Kier molecular flexibility index (Phi) is 5.47. The molecule has 0 aromatic heterocycles. The summed E-state index contributed by atoms with van der Waals surface area (Å²) < 4.78 is 37.0. The van der Waals surface area contributed by atoms with Crippen LogP contribution < -0.4 is 0 Å². The predicted octanol–water partition coefficient (Wildman–Crippen LogP) is 2.36. The summed E-state index contributed by atoms with van der Waals surface area (Å²) in [4.78, 5) is 25.4. The largest absolute Gasteiger partial charge is 0.471 e. The van der Waals surface area contributed by atoms with E-state index in [1.165, 1.54) is 30.2 Å². The Bertz CT molecular complexity index is 435. The number of alkyl halides is 3. The maximum absolute atomic E-state index is 12.3. The fourth-order valence-electron chi connectivity index (χ4n) is 2.96. The van der Waals surface area contributed by atoms with Crippen LogP contribution in [0.15, 0.2) is 12.2 Å². The Balaban J connectivity index is 1.79. The molecule has 2 amide bonds. The molecule has 1 heterocycles. The molecule has 0 radical (unpaired) electrons. The Labute approximate surface area is 127 Å². The number of carbonyl (C=O) groups excluding carboxylic acids is 2. The average Bonchev–Trinajstić information content (AvgIpc) is 2.52. The summed E-state index contributed by atoms with van der Waals surface area (Å²) in [6, 6.07) is 0. The van der Waals surface area contributed by atoms with Crippen molar-refractivity contribution in [3.8, 4) is 0 Å². The first-order chi connectivity index (χ1) is 10.4. The van der Waals surface area contributed by atoms with E-state index in [0.29, 0.717) is 5.92 Å². The topological polar surface area (TPSA) is 40.6 Å². The molecule has 1 saturated heterocycles. The van der Waals surface area contributed by atoms with E-state index in [0.717, 1.165) is 17.7 Å². The van der Waals surface area contributed by atoms with Gasteiger partial charge in [-0.2, -0.15) is 13.2 Å². The summed E-state index contributed by atoms with van der Waals surface area (Å²) >= 11 is 0. The zero-order chi connectivity index (χ0) is 16.2. The lowest BCUT2D eigenvalue weighted by Gasteiger charge is -2.34. The Morgan fingerprint density at radius 1 is 0.909 bits per heavy atom. The molecule has 2 rings (SSSR count). The van der Waals surface area contributed by atoms with Crippen molar-refractivity contribution >= 4 is 11.8 Å². The van der Waals surface area contributed by atoms with Gasteiger partial charge in [-0.1, -0.05) is 25.3 Å². The second kappa shape index (κ2) is 7.15. The van der Waals surface area contributed by atoms with Crippen molar-refractivity contribution in [2.45, 2.75) is 38.3 Å². The van der Waals surface area contributed by atoms with E-state index >= 15 is 0 Å². The highest BCUT2D eigenvalue weighted by Crippen LogP contribution is 2.24. The molecule has 0 atom stereocenters. The van der Waals surface area contributed by atoms with E-state index in [1.54, 1.807) is 0 Å². The van der Waals surface area contributed by atoms with Crippen molar-refractivity contribution in [3.05, 3.63) is 12.2 Å². The highest BCUT2D eigenvalue weighted by molar-refractivity contribution is 5.88. The van der Waals surface area contributed by atoms with E-state index in [9.17, 15) is 22.8 Å². The van der Waals surface area contributed by atoms with E-state index in [4.69, 9.17) is 0 Å². The summed E-state index contributed by atoms with van der Waals surface area (Å²) in [5.41, 5.74) is 0. The minimum absolute atomic E-state index is 0.0681. The van der Waals surface area contributed by atoms with Gasteiger partial charge in [-0.05, 0) is 24.8 Å². The molecule has 0 bridgehead atoms. The average molecular weight is 318 g/mol. The van der Waals surface area contributed by atoms with Crippen molar-refractivity contribution in [1.29, 1.82) is 0 Å². The lowest BCUT2D eigenvalue weighted by atomic mass is 9.89. The van der Waals surface area contributed by atoms with Crippen LogP contribution in [0.3, 0.4) is 0 Å². The van der Waals surface area contributed by atoms with Crippen LogP contribution in [0.1, 0.15) is 32.1 Å². The Hall–Kier alpha value is -1.53. The maximum Gasteiger partial charge on any atom is 0.471 e. The van der Waals surface area contributed by atoms with Gasteiger partial charge in [-0.25, -0.2) is 0 Å². The minimum atomic E-state index is -4.84. The lowest BCUT2D eigenvalue weighted by Crippen LogP contribution is -2.53. The number of halogens is 3. The molecule has 1 aliphatic heterocycles. The van der Waals surface area contributed by atoms with Gasteiger partial charge in [0.05, 0.1) is 0 Å². The molecule has 2 aliphatic rings. The van der Waals surface area contributed by atoms with Gasteiger partial charge < -0.3 is 9.80 Å². The van der Waals surface area contributed by atoms with Crippen molar-refractivity contribution in [3.63, 3.8) is 0 Å². The molecule has 2 fully saturated rings. The first kappa shape index (κ1) is 16.8. The van der Waals surface area contributed by atoms with Gasteiger partial charge in [-0.15, -0.1) is 0 Å². The fraction of sp³-hybridized carbons (Fsp3) is 0.733. The highest BCUT2D eigenvalue weighted by Gasteiger charge is 2.43. The number of carbonyl (C=O) groups is 2. The standard InChI is InChI=1S/C15H21F3N2O2/c16-15(17,18)14(22)20-10-8-19(9-11-20)13(21)7-6-12-4-2-1-3-5-12/h6-7,12H,1-5,8-11H2/b7-6+. The van der Waals surface area contributed by atoms with Crippen molar-refractivity contribution in [1.82, 2.24) is 9.80 Å². The first-order valence-electron chi connectivity index (χ1n) is 7.71. The van der Waals surface area contributed by atoms with Crippen LogP contribution in [0, 0.1) is 5.92 Å². The lowest BCUT2D eigenvalue weighted by molar-refractivity contribution is -0.187. The first-order valence-corrected chi connectivity index (χ1v) is 7.71. The van der Waals surface area contributed by atoms with E-state index in [-0.39, 0.29) is 32.1 Å². The van der Waals surface area contributed by atoms with Crippen LogP contribution in [-0.4, -0.2) is 54.0 Å². The Morgan fingerprint density at radius 3 is 2.00 bits per heavy atom. The van der Waals surface area contributed by atoms with Crippen LogP contribution in [-0.2, 0) is 9.59 Å². The molecule has 0 aromatic carbocycles. The quantitative estimate of drug-likeness (QED) is 0.733. The molecule has 1 aliphatic carbocycles. The fourth-order valence-corrected chi connectivity index (χ4v) is 2.96. The van der Waals surface area contributed by atoms with Gasteiger partial charge in [0.1, 0.15) is 0 Å². The predicted molar refractivity (Wildman–Crippen MR) is 74.9 cm³/mol. The van der Waals surface area contributed by atoms with Gasteiger partial charge in [-0.3, -0.25) is 9.59 Å². The third-order valence-electron chi connectivity index (χ3n) is 4.28. The third-order valence-corrected chi connectivity index (χ3v) is 4.28. The number of piperazine rings is 1. The summed E-state index contributed by atoms with van der Waals surface area (Å²) in [6.07, 6.45) is 4.42. The number of rotatable bonds is 2. The summed E-state index contributed by atoms with van der Waals surface area (Å²) in [6.45, 7) is 0.161. The van der Waals surface area contributed by atoms with E-state index < -0.39 is 12.1 Å². The zero-order valence-corrected chi connectivity index (χ0v) is 12.4. The molecule has 22 heavy (non-hydrogen) atoms. The van der Waals surface area contributed by atoms with Gasteiger partial charge in [0.15, 0.2) is 0 Å². The molecule has 0 unspecified atom stereocenters. The number of nitrogens with zero attached hydrogens (tertiary/aromatic N) is 2. The van der Waals surface area contributed by atoms with E-state index in [1.807, 2.05) is 6.08 Å². The molecule has 1 saturated carbocycles. The molecule has 0 aromatic rings.